The molecule has 0 radical (unpaired) electrons. The van der Waals surface area contributed by atoms with Crippen molar-refractivity contribution in [2.45, 2.75) is 67.2 Å². The zero-order chi connectivity index (χ0) is 35.2. The highest BCUT2D eigenvalue weighted by molar-refractivity contribution is 7.11. The summed E-state index contributed by atoms with van der Waals surface area (Å²) in [6.45, 7) is 13.7. The molecule has 9 nitrogen and oxygen atoms in total. The van der Waals surface area contributed by atoms with E-state index in [-0.39, 0.29) is 17.5 Å². The minimum absolute atomic E-state index is 0.0462. The van der Waals surface area contributed by atoms with Crippen LogP contribution in [0.15, 0.2) is 75.3 Å². The quantitative estimate of drug-likeness (QED) is 0.167. The highest BCUT2D eigenvalue weighted by Crippen LogP contribution is 2.25. The average molecular weight is 716 g/mol. The third-order valence-electron chi connectivity index (χ3n) is 8.32. The molecule has 2 aromatic carbocycles. The second kappa shape index (κ2) is 16.0. The fraction of sp³-hybridized carbons (Fsp3) is 0.324. The Morgan fingerprint density at radius 3 is 1.69 bits per heavy atom. The minimum atomic E-state index is -0.421. The zero-order valence-electron chi connectivity index (χ0n) is 28.6. The first-order valence-corrected chi connectivity index (χ1v) is 18.8. The summed E-state index contributed by atoms with van der Waals surface area (Å²) in [7, 11) is 0. The van der Waals surface area contributed by atoms with Gasteiger partial charge in [0.1, 0.15) is 0 Å². The number of hydrogen-bond donors (Lipinski definition) is 1. The number of amides is 1. The monoisotopic (exact) mass is 715 g/mol. The summed E-state index contributed by atoms with van der Waals surface area (Å²) in [5.41, 5.74) is 6.59. The maximum absolute atomic E-state index is 12.4. The summed E-state index contributed by atoms with van der Waals surface area (Å²) in [6, 6.07) is 17.5. The second-order valence-corrected chi connectivity index (χ2v) is 14.5. The highest BCUT2D eigenvalue weighted by Gasteiger charge is 2.25. The fourth-order valence-electron chi connectivity index (χ4n) is 5.70. The van der Waals surface area contributed by atoms with Gasteiger partial charge < -0.3 is 19.1 Å². The van der Waals surface area contributed by atoms with Crippen molar-refractivity contribution in [3.63, 3.8) is 0 Å². The first-order chi connectivity index (χ1) is 23.5. The number of thiophene rings is 1. The van der Waals surface area contributed by atoms with Crippen molar-refractivity contribution in [1.29, 1.82) is 0 Å². The van der Waals surface area contributed by atoms with Gasteiger partial charge in [-0.2, -0.15) is 11.3 Å². The first-order valence-electron chi connectivity index (χ1n) is 16.2. The molecule has 256 valence electrons. The molecule has 12 heteroatoms. The number of ketones is 2. The van der Waals surface area contributed by atoms with Crippen LogP contribution in [0, 0.1) is 13.8 Å². The van der Waals surface area contributed by atoms with Crippen LogP contribution in [-0.2, 0) is 13.1 Å². The van der Waals surface area contributed by atoms with Crippen molar-refractivity contribution in [2.75, 3.05) is 13.1 Å². The van der Waals surface area contributed by atoms with Crippen molar-refractivity contribution in [3.8, 4) is 11.1 Å². The number of thiazole rings is 2. The Balaban J connectivity index is 0.000000192. The normalized spacial score (nSPS) is 15.0. The van der Waals surface area contributed by atoms with Gasteiger partial charge in [0.2, 0.25) is 0 Å². The number of aliphatic hydroxyl groups is 1. The molecule has 0 spiro atoms. The highest BCUT2D eigenvalue weighted by atomic mass is 32.1. The number of Topliss-reactive ketones (excluding diaryl/α,β-unsaturated/α-hetero) is 2. The van der Waals surface area contributed by atoms with Crippen LogP contribution >= 0.6 is 34.0 Å². The number of rotatable bonds is 8. The zero-order valence-corrected chi connectivity index (χ0v) is 31.0. The first kappa shape index (κ1) is 36.1. The Kier molecular flexibility index (Phi) is 11.8. The second-order valence-electron chi connectivity index (χ2n) is 11.7. The van der Waals surface area contributed by atoms with E-state index < -0.39 is 6.10 Å². The lowest BCUT2D eigenvalue weighted by atomic mass is 10.1. The third kappa shape index (κ3) is 8.33. The summed E-state index contributed by atoms with van der Waals surface area (Å²) in [5.74, 6) is 0.0800. The standard InChI is InChI=1S/C19H23N3O3S.C18H18N2OS2/c1-4-22-12(2)17(13(3)23)26-19(22)20-15-7-5-14(6-8-15)18(25)21-10-9-16(24)11-21;1-4-20-12(2)17(13(3)21)23-18(20)19-16-7-5-14(6-8-16)15-9-10-22-11-15/h5-8,16,24H,4,9-11H2,1-3H3;5-11H,4H2,1-3H3/b20-19+;19-18-. The molecule has 1 aliphatic heterocycles. The van der Waals surface area contributed by atoms with Gasteiger partial charge in [-0.3, -0.25) is 14.4 Å². The smallest absolute Gasteiger partial charge is 0.253 e. The Bertz CT molecular complexity index is 2080. The molecule has 1 aliphatic rings. The largest absolute Gasteiger partial charge is 0.391 e. The summed E-state index contributed by atoms with van der Waals surface area (Å²) in [5, 5.41) is 13.8. The van der Waals surface area contributed by atoms with Gasteiger partial charge in [0, 0.05) is 57.0 Å². The van der Waals surface area contributed by atoms with Crippen molar-refractivity contribution in [2.24, 2.45) is 9.98 Å². The Hall–Kier alpha value is -4.23. The van der Waals surface area contributed by atoms with Crippen LogP contribution in [0.4, 0.5) is 11.4 Å². The molecule has 3 aromatic heterocycles. The van der Waals surface area contributed by atoms with E-state index in [1.165, 1.54) is 33.8 Å². The molecule has 1 amide bonds. The van der Waals surface area contributed by atoms with Crippen LogP contribution in [0.3, 0.4) is 0 Å². The minimum Gasteiger partial charge on any atom is -0.391 e. The SMILES string of the molecule is CCn1c(C)c(C(C)=O)s/c1=N/c1ccc(C(=O)N2CCC(O)C2)cc1.CCn1c(C)c(C(C)=O)s/c1=N\c1ccc(-c2ccsc2)cc1. The molecular weight excluding hydrogens is 675 g/mol. The predicted octanol–water partition coefficient (Wildman–Crippen LogP) is 7.56. The van der Waals surface area contributed by atoms with Crippen molar-refractivity contribution in [3.05, 3.63) is 102 Å². The molecule has 1 unspecified atom stereocenters. The van der Waals surface area contributed by atoms with Gasteiger partial charge in [-0.15, -0.1) is 0 Å². The van der Waals surface area contributed by atoms with Gasteiger partial charge >= 0.3 is 0 Å². The van der Waals surface area contributed by atoms with Crippen LogP contribution < -0.4 is 9.60 Å². The van der Waals surface area contributed by atoms with Crippen molar-refractivity contribution >= 4 is 62.9 Å². The lowest BCUT2D eigenvalue weighted by molar-refractivity contribution is 0.0764. The third-order valence-corrected chi connectivity index (χ3v) is 11.6. The Labute approximate surface area is 298 Å². The van der Waals surface area contributed by atoms with Crippen LogP contribution in [0.25, 0.3) is 11.1 Å². The number of carbonyl (C=O) groups excluding carboxylic acids is 3. The van der Waals surface area contributed by atoms with Gasteiger partial charge in [0.15, 0.2) is 21.2 Å². The molecular formula is C37H41N5O4S3. The van der Waals surface area contributed by atoms with Gasteiger partial charge in [0.05, 0.1) is 27.2 Å². The van der Waals surface area contributed by atoms with Crippen molar-refractivity contribution < 1.29 is 19.5 Å². The molecule has 0 saturated carbocycles. The molecule has 5 aromatic rings. The fourth-order valence-corrected chi connectivity index (χ4v) is 8.59. The number of nitrogens with zero attached hydrogens (tertiary/aromatic N) is 5. The van der Waals surface area contributed by atoms with Gasteiger partial charge in [-0.25, -0.2) is 9.98 Å². The number of benzene rings is 2. The van der Waals surface area contributed by atoms with Crippen LogP contribution in [0.5, 0.6) is 0 Å². The Morgan fingerprint density at radius 1 is 0.776 bits per heavy atom. The van der Waals surface area contributed by atoms with Gasteiger partial charge in [-0.05, 0) is 98.5 Å². The van der Waals surface area contributed by atoms with Crippen molar-refractivity contribution in [1.82, 2.24) is 14.0 Å². The summed E-state index contributed by atoms with van der Waals surface area (Å²) >= 11 is 4.55. The average Bonchev–Trinajstić information content (AvgIpc) is 3.89. The predicted molar refractivity (Wildman–Crippen MR) is 199 cm³/mol. The maximum Gasteiger partial charge on any atom is 0.253 e. The topological polar surface area (TPSA) is 109 Å². The number of β-amino-alcohol motifs (C(OH)–C–C–N with tert-alkyl or cyclic N) is 1. The van der Waals surface area contributed by atoms with Crippen LogP contribution in [-0.4, -0.2) is 55.8 Å². The van der Waals surface area contributed by atoms with E-state index in [0.29, 0.717) is 25.1 Å². The van der Waals surface area contributed by atoms with E-state index in [0.717, 1.165) is 55.2 Å². The van der Waals surface area contributed by atoms with E-state index in [1.54, 1.807) is 42.2 Å². The van der Waals surface area contributed by atoms with Crippen LogP contribution in [0.1, 0.15) is 75.2 Å². The van der Waals surface area contributed by atoms with E-state index in [2.05, 4.69) is 45.4 Å². The number of hydrogen-bond acceptors (Lipinski definition) is 9. The lowest BCUT2D eigenvalue weighted by Crippen LogP contribution is -2.29. The number of likely N-dealkylation sites (tertiary alicyclic amines) is 1. The Morgan fingerprint density at radius 2 is 1.29 bits per heavy atom. The van der Waals surface area contributed by atoms with Gasteiger partial charge in [0.25, 0.3) is 5.91 Å². The van der Waals surface area contributed by atoms with Crippen LogP contribution in [0.2, 0.25) is 0 Å². The number of aliphatic hydroxyl groups excluding tert-OH is 1. The summed E-state index contributed by atoms with van der Waals surface area (Å²) in [4.78, 5) is 50.1. The molecule has 1 atom stereocenters. The molecule has 6 rings (SSSR count). The summed E-state index contributed by atoms with van der Waals surface area (Å²) < 4.78 is 4.11. The van der Waals surface area contributed by atoms with E-state index in [4.69, 9.17) is 4.99 Å². The molecule has 49 heavy (non-hydrogen) atoms. The summed E-state index contributed by atoms with van der Waals surface area (Å²) in [6.07, 6.45) is 0.210. The van der Waals surface area contributed by atoms with E-state index in [9.17, 15) is 19.5 Å². The molecule has 1 N–H and O–H groups in total. The van der Waals surface area contributed by atoms with E-state index in [1.807, 2.05) is 49.6 Å². The molecule has 0 aliphatic carbocycles. The number of aromatic nitrogens is 2. The lowest BCUT2D eigenvalue weighted by Gasteiger charge is -2.15. The molecule has 4 heterocycles. The molecule has 1 fully saturated rings. The van der Waals surface area contributed by atoms with Gasteiger partial charge in [-0.1, -0.05) is 34.8 Å². The number of carbonyl (C=O) groups is 3. The molecule has 0 bridgehead atoms. The molecule has 1 saturated heterocycles. The maximum atomic E-state index is 12.4. The van der Waals surface area contributed by atoms with E-state index >= 15 is 0 Å².